The number of anilines is 2. The van der Waals surface area contributed by atoms with Gasteiger partial charge in [0.25, 0.3) is 11.5 Å². The average molecular weight is 531 g/mol. The number of halogens is 1. The number of nitrogens with zero attached hydrogens (tertiary/aromatic N) is 4. The van der Waals surface area contributed by atoms with Crippen molar-refractivity contribution in [1.29, 1.82) is 0 Å². The van der Waals surface area contributed by atoms with Crippen LogP contribution in [0.2, 0.25) is 0 Å². The summed E-state index contributed by atoms with van der Waals surface area (Å²) in [7, 11) is 7.17. The van der Waals surface area contributed by atoms with Crippen molar-refractivity contribution < 1.29 is 9.18 Å². The predicted molar refractivity (Wildman–Crippen MR) is 155 cm³/mol. The Morgan fingerprint density at radius 2 is 1.97 bits per heavy atom. The minimum absolute atomic E-state index is 0.0818. The number of hydrogen-bond donors (Lipinski definition) is 2. The zero-order valence-corrected chi connectivity index (χ0v) is 23.1. The fourth-order valence-electron chi connectivity index (χ4n) is 5.48. The van der Waals surface area contributed by atoms with Gasteiger partial charge in [0.05, 0.1) is 5.70 Å². The number of carbonyl (C=O) groups is 1. The standard InChI is InChI=1S/C30H35FN6O2/c1-19-14-21(30(39)34(3)4)15-25(31)28(19)20-7-11-36(12-8-20)18-23-17-24-26(6-10-33-29(24)35(23)5)37-13-9-22(32-2)16-27(37)38/h6-7,9,13-17,32-33H,8,10-12,18H2,1-5H3. The maximum atomic E-state index is 15.1. The van der Waals surface area contributed by atoms with E-state index in [0.717, 1.165) is 59.1 Å². The van der Waals surface area contributed by atoms with Crippen LogP contribution in [-0.2, 0) is 13.6 Å². The normalized spacial score (nSPS) is 15.2. The molecule has 0 aliphatic carbocycles. The molecule has 2 aliphatic rings. The van der Waals surface area contributed by atoms with Gasteiger partial charge in [0, 0.05) is 94.7 Å². The van der Waals surface area contributed by atoms with Crippen LogP contribution in [0.3, 0.4) is 0 Å². The highest BCUT2D eigenvalue weighted by atomic mass is 19.1. The number of amides is 1. The van der Waals surface area contributed by atoms with Gasteiger partial charge in [-0.3, -0.25) is 19.1 Å². The number of benzene rings is 1. The van der Waals surface area contributed by atoms with Gasteiger partial charge in [0.2, 0.25) is 0 Å². The Hall–Kier alpha value is -4.11. The number of hydrogen-bond acceptors (Lipinski definition) is 5. The number of nitrogens with one attached hydrogen (secondary N) is 2. The van der Waals surface area contributed by atoms with Crippen LogP contribution in [0.15, 0.2) is 53.5 Å². The van der Waals surface area contributed by atoms with Crippen LogP contribution < -0.4 is 16.2 Å². The van der Waals surface area contributed by atoms with Crippen LogP contribution in [-0.4, -0.2) is 65.6 Å². The molecule has 0 bridgehead atoms. The molecule has 3 aromatic rings. The maximum Gasteiger partial charge on any atom is 0.257 e. The summed E-state index contributed by atoms with van der Waals surface area (Å²) in [6.45, 7) is 4.72. The van der Waals surface area contributed by atoms with Gasteiger partial charge in [0.1, 0.15) is 11.6 Å². The van der Waals surface area contributed by atoms with E-state index in [0.29, 0.717) is 24.2 Å². The lowest BCUT2D eigenvalue weighted by atomic mass is 9.93. The molecule has 0 radical (unpaired) electrons. The summed E-state index contributed by atoms with van der Waals surface area (Å²) < 4.78 is 19.0. The van der Waals surface area contributed by atoms with E-state index in [2.05, 4.69) is 32.2 Å². The summed E-state index contributed by atoms with van der Waals surface area (Å²) in [5, 5.41) is 6.46. The molecule has 39 heavy (non-hydrogen) atoms. The third kappa shape index (κ3) is 5.02. The first-order chi connectivity index (χ1) is 18.7. The van der Waals surface area contributed by atoms with Crippen molar-refractivity contribution in [3.05, 3.63) is 92.8 Å². The molecule has 1 aromatic carbocycles. The Morgan fingerprint density at radius 1 is 1.18 bits per heavy atom. The highest BCUT2D eigenvalue weighted by molar-refractivity contribution is 5.94. The van der Waals surface area contributed by atoms with E-state index < -0.39 is 0 Å². The minimum Gasteiger partial charge on any atom is -0.388 e. The van der Waals surface area contributed by atoms with Gasteiger partial charge >= 0.3 is 0 Å². The smallest absolute Gasteiger partial charge is 0.257 e. The topological polar surface area (TPSA) is 74.5 Å². The van der Waals surface area contributed by atoms with Gasteiger partial charge < -0.3 is 20.1 Å². The van der Waals surface area contributed by atoms with Crippen molar-refractivity contribution in [3.8, 4) is 0 Å². The number of rotatable bonds is 6. The third-order valence-corrected chi connectivity index (χ3v) is 7.58. The molecule has 4 heterocycles. The zero-order chi connectivity index (χ0) is 27.8. The molecule has 9 heteroatoms. The van der Waals surface area contributed by atoms with Gasteiger partial charge in [-0.2, -0.15) is 0 Å². The molecule has 1 amide bonds. The second-order valence-corrected chi connectivity index (χ2v) is 10.4. The summed E-state index contributed by atoms with van der Waals surface area (Å²) in [6.07, 6.45) is 6.66. The van der Waals surface area contributed by atoms with E-state index >= 15 is 4.39 Å². The van der Waals surface area contributed by atoms with E-state index in [4.69, 9.17) is 0 Å². The first-order valence-corrected chi connectivity index (χ1v) is 13.1. The van der Waals surface area contributed by atoms with Gasteiger partial charge in [-0.25, -0.2) is 4.39 Å². The molecule has 0 saturated heterocycles. The van der Waals surface area contributed by atoms with Crippen molar-refractivity contribution in [2.45, 2.75) is 19.9 Å². The molecule has 2 aromatic heterocycles. The number of aromatic nitrogens is 2. The fourth-order valence-corrected chi connectivity index (χ4v) is 5.48. The zero-order valence-electron chi connectivity index (χ0n) is 23.1. The maximum absolute atomic E-state index is 15.1. The molecule has 0 unspecified atom stereocenters. The highest BCUT2D eigenvalue weighted by Crippen LogP contribution is 2.33. The van der Waals surface area contributed by atoms with Gasteiger partial charge in [0.15, 0.2) is 0 Å². The molecular weight excluding hydrogens is 495 g/mol. The van der Waals surface area contributed by atoms with Crippen molar-refractivity contribution in [2.24, 2.45) is 7.05 Å². The summed E-state index contributed by atoms with van der Waals surface area (Å²) in [5.74, 6) is 0.439. The fraction of sp³-hybridized carbons (Fsp3) is 0.333. The Kier molecular flexibility index (Phi) is 7.18. The van der Waals surface area contributed by atoms with Crippen molar-refractivity contribution in [1.82, 2.24) is 18.9 Å². The quantitative estimate of drug-likeness (QED) is 0.504. The van der Waals surface area contributed by atoms with Crippen LogP contribution in [0.1, 0.15) is 39.2 Å². The van der Waals surface area contributed by atoms with Crippen LogP contribution in [0.4, 0.5) is 15.9 Å². The second-order valence-electron chi connectivity index (χ2n) is 10.4. The van der Waals surface area contributed by atoms with Gasteiger partial charge in [-0.1, -0.05) is 6.08 Å². The van der Waals surface area contributed by atoms with E-state index in [-0.39, 0.29) is 17.3 Å². The Bertz CT molecular complexity index is 1540. The highest BCUT2D eigenvalue weighted by Gasteiger charge is 2.24. The lowest BCUT2D eigenvalue weighted by Crippen LogP contribution is -2.29. The molecule has 0 fully saturated rings. The van der Waals surface area contributed by atoms with Crippen LogP contribution in [0, 0.1) is 12.7 Å². The Balaban J connectivity index is 1.35. The molecule has 0 saturated carbocycles. The van der Waals surface area contributed by atoms with Gasteiger partial charge in [-0.05, 0) is 54.8 Å². The van der Waals surface area contributed by atoms with Crippen molar-refractivity contribution in [2.75, 3.05) is 51.4 Å². The number of pyridine rings is 1. The minimum atomic E-state index is -0.349. The Morgan fingerprint density at radius 3 is 2.62 bits per heavy atom. The third-order valence-electron chi connectivity index (χ3n) is 7.58. The average Bonchev–Trinajstić information content (AvgIpc) is 3.23. The van der Waals surface area contributed by atoms with Crippen LogP contribution in [0.5, 0.6) is 0 Å². The van der Waals surface area contributed by atoms with E-state index in [1.165, 1.54) is 11.0 Å². The van der Waals surface area contributed by atoms with Crippen LogP contribution >= 0.6 is 0 Å². The molecule has 0 spiro atoms. The molecule has 2 N–H and O–H groups in total. The summed E-state index contributed by atoms with van der Waals surface area (Å²) in [4.78, 5) is 28.9. The number of carbonyl (C=O) groups excluding carboxylic acids is 1. The van der Waals surface area contributed by atoms with Crippen molar-refractivity contribution in [3.63, 3.8) is 0 Å². The van der Waals surface area contributed by atoms with Crippen LogP contribution in [0.25, 0.3) is 11.3 Å². The monoisotopic (exact) mass is 530 g/mol. The van der Waals surface area contributed by atoms with Crippen molar-refractivity contribution >= 4 is 28.7 Å². The second kappa shape index (κ2) is 10.6. The molecule has 2 aliphatic heterocycles. The van der Waals surface area contributed by atoms with E-state index in [9.17, 15) is 9.59 Å². The first-order valence-electron chi connectivity index (χ1n) is 13.1. The SMILES string of the molecule is CNc1ccn(C2=CCNc3c2cc(CN2CC=C(c4c(C)cc(C(=O)N(C)C)cc4F)CC2)n3C)c(=O)c1. The summed E-state index contributed by atoms with van der Waals surface area (Å²) in [6, 6.07) is 8.77. The number of fused-ring (bicyclic) bond motifs is 1. The first kappa shape index (κ1) is 26.5. The molecule has 5 rings (SSSR count). The molecule has 204 valence electrons. The Labute approximate surface area is 228 Å². The molecular formula is C30H35FN6O2. The van der Waals surface area contributed by atoms with Gasteiger partial charge in [-0.15, -0.1) is 0 Å². The van der Waals surface area contributed by atoms with E-state index in [1.807, 2.05) is 32.3 Å². The molecule has 8 nitrogen and oxygen atoms in total. The predicted octanol–water partition coefficient (Wildman–Crippen LogP) is 3.98. The summed E-state index contributed by atoms with van der Waals surface area (Å²) in [5.41, 5.74) is 6.43. The largest absolute Gasteiger partial charge is 0.388 e. The summed E-state index contributed by atoms with van der Waals surface area (Å²) >= 11 is 0. The lowest BCUT2D eigenvalue weighted by molar-refractivity contribution is 0.0827. The lowest BCUT2D eigenvalue weighted by Gasteiger charge is -2.27. The van der Waals surface area contributed by atoms with E-state index in [1.54, 1.807) is 37.8 Å². The number of aryl methyl sites for hydroxylation is 1. The molecule has 0 atom stereocenters.